The SMILES string of the molecule is C=C(/C(=C\C(=C)n1c2ccccc2c2ccc(-c3cccc(-n4c5ccccc5c5ccccc54)c3)cc21)c1ccccc1)c1ccccc1.c1ccc(-c2cc(-c3ccccc3)cc(-n3c4ccccc4c4ccc(-c5cccc(-n6c7ccccc7c7ccccc76)c5)cc43)c2)cc1.c1ccc(-c2cccc(-c3ccccc3)c2-n2c3ccccc3c3ccc(-c4cccc(-n5c6ccccc6c6ccccc65)c4)cc32)cc1. The second kappa shape index (κ2) is 38.0. The molecular weight excluding hydrogens is 1810 g/mol. The second-order valence-corrected chi connectivity index (χ2v) is 38.7. The summed E-state index contributed by atoms with van der Waals surface area (Å²) in [4.78, 5) is 0. The maximum Gasteiger partial charge on any atom is 0.0618 e. The van der Waals surface area contributed by atoms with E-state index in [1.807, 2.05) is 12.1 Å². The maximum atomic E-state index is 4.69. The van der Waals surface area contributed by atoms with Crippen molar-refractivity contribution in [2.75, 3.05) is 0 Å². The summed E-state index contributed by atoms with van der Waals surface area (Å²) in [5.74, 6) is 0. The summed E-state index contributed by atoms with van der Waals surface area (Å²) in [6.45, 7) is 9.25. The third kappa shape index (κ3) is 15.8. The Bertz CT molecular complexity index is 10100. The lowest BCUT2D eigenvalue weighted by Gasteiger charge is -2.19. The van der Waals surface area contributed by atoms with Crippen LogP contribution >= 0.6 is 0 Å². The molecule has 0 aliphatic rings. The summed E-state index contributed by atoms with van der Waals surface area (Å²) in [6, 6.07) is 203. The summed E-state index contributed by atoms with van der Waals surface area (Å²) >= 11 is 0. The molecule has 6 heteroatoms. The molecule has 0 fully saturated rings. The predicted molar refractivity (Wildman–Crippen MR) is 637 cm³/mol. The molecule has 150 heavy (non-hydrogen) atoms. The lowest BCUT2D eigenvalue weighted by atomic mass is 9.93. The largest absolute Gasteiger partial charge is 0.310 e. The second-order valence-electron chi connectivity index (χ2n) is 38.7. The van der Waals surface area contributed by atoms with Crippen LogP contribution in [-0.4, -0.2) is 27.4 Å². The zero-order valence-corrected chi connectivity index (χ0v) is 82.4. The van der Waals surface area contributed by atoms with Gasteiger partial charge in [0.1, 0.15) is 0 Å². The van der Waals surface area contributed by atoms with E-state index < -0.39 is 0 Å². The molecular formula is C144H98N6. The predicted octanol–water partition coefficient (Wildman–Crippen LogP) is 38.6. The first-order valence-corrected chi connectivity index (χ1v) is 51.4. The highest BCUT2D eigenvalue weighted by molar-refractivity contribution is 6.18. The van der Waals surface area contributed by atoms with Crippen LogP contribution in [0.2, 0.25) is 0 Å². The monoisotopic (exact) mass is 1910 g/mol. The Kier molecular flexibility index (Phi) is 22.5. The molecule has 23 aromatic carbocycles. The molecule has 704 valence electrons. The minimum Gasteiger partial charge on any atom is -0.310 e. The van der Waals surface area contributed by atoms with Gasteiger partial charge in [0.15, 0.2) is 0 Å². The van der Waals surface area contributed by atoms with Gasteiger partial charge in [-0.15, -0.1) is 0 Å². The number of fused-ring (bicyclic) bond motifs is 18. The Balaban J connectivity index is 0.000000111. The van der Waals surface area contributed by atoms with E-state index in [-0.39, 0.29) is 0 Å². The molecule has 6 nitrogen and oxygen atoms in total. The van der Waals surface area contributed by atoms with Crippen molar-refractivity contribution < 1.29 is 0 Å². The lowest BCUT2D eigenvalue weighted by molar-refractivity contribution is 1.18. The lowest BCUT2D eigenvalue weighted by Crippen LogP contribution is -2.00. The van der Waals surface area contributed by atoms with Gasteiger partial charge in [-0.3, -0.25) is 0 Å². The molecule has 0 bridgehead atoms. The fraction of sp³-hybridized carbons (Fsp3) is 0. The summed E-state index contributed by atoms with van der Waals surface area (Å²) in [7, 11) is 0. The average molecular weight is 1910 g/mol. The minimum atomic E-state index is 0.878. The van der Waals surface area contributed by atoms with Gasteiger partial charge in [0.05, 0.1) is 71.9 Å². The van der Waals surface area contributed by atoms with Crippen molar-refractivity contribution >= 4 is 148 Å². The van der Waals surface area contributed by atoms with Crippen LogP contribution in [0.25, 0.3) is 254 Å². The highest BCUT2D eigenvalue weighted by atomic mass is 15.0. The molecule has 0 aliphatic carbocycles. The summed E-state index contributed by atoms with van der Waals surface area (Å²) in [5, 5.41) is 15.0. The van der Waals surface area contributed by atoms with E-state index in [0.29, 0.717) is 0 Å². The Labute approximate surface area is 869 Å². The normalized spacial score (nSPS) is 11.7. The quantitative estimate of drug-likeness (QED) is 0.0814. The van der Waals surface area contributed by atoms with E-state index in [2.05, 4.69) is 599 Å². The van der Waals surface area contributed by atoms with Gasteiger partial charge in [-0.1, -0.05) is 450 Å². The molecule has 0 saturated carbocycles. The third-order valence-corrected chi connectivity index (χ3v) is 30.0. The summed E-state index contributed by atoms with van der Waals surface area (Å²) in [6.07, 6.45) is 2.19. The van der Waals surface area contributed by atoms with Gasteiger partial charge in [-0.05, 0) is 223 Å². The first-order valence-electron chi connectivity index (χ1n) is 51.4. The van der Waals surface area contributed by atoms with E-state index in [0.717, 1.165) is 72.9 Å². The number of rotatable bonds is 17. The number of aromatic nitrogens is 6. The molecule has 6 heterocycles. The van der Waals surface area contributed by atoms with Crippen molar-refractivity contribution in [1.82, 2.24) is 27.4 Å². The number of hydrogen-bond donors (Lipinski definition) is 0. The van der Waals surface area contributed by atoms with Gasteiger partial charge < -0.3 is 27.4 Å². The van der Waals surface area contributed by atoms with Gasteiger partial charge in [0.2, 0.25) is 0 Å². The zero-order valence-electron chi connectivity index (χ0n) is 82.4. The standard InChI is InChI=1S/2C48H32N2.C48H34N2/c1-3-15-33(16-4-1)38-24-14-25-39(34-17-5-2-6-18-34)48(38)50-46-28-12-9-23-42(46)43-30-29-36(32-47(43)50)35-19-13-20-37(31-35)49-44-26-10-7-21-40(44)41-22-8-11-27-45(41)49;1-3-14-33(15-4-1)37-28-38(34-16-5-2-6-17-34)31-40(30-37)50-47-25-12-9-22-43(47)44-27-26-36(32-48(44)50)35-18-13-19-39(29-35)49-45-23-10-7-20-41(45)42-21-8-11-24-46(42)49;1-33(30-44(36-18-7-4-8-19-36)34(2)35-16-5-3-6-17-35)49-45-25-12-9-24-42(45)43-29-28-38(32-48(43)49)37-20-15-21-39(31-37)50-46-26-13-10-22-40(46)41-23-11-14-27-47(41)50/h2*1-32H;3-32H,1-2H2/b;;44-30+. The van der Waals surface area contributed by atoms with Crippen LogP contribution in [0.15, 0.2) is 583 Å². The minimum absolute atomic E-state index is 0.878. The van der Waals surface area contributed by atoms with Gasteiger partial charge in [-0.2, -0.15) is 0 Å². The molecule has 0 amide bonds. The van der Waals surface area contributed by atoms with Gasteiger partial charge in [0, 0.05) is 104 Å². The van der Waals surface area contributed by atoms with E-state index in [1.165, 1.54) is 192 Å². The molecule has 0 unspecified atom stereocenters. The molecule has 6 aromatic heterocycles. The van der Waals surface area contributed by atoms with Crippen LogP contribution in [0.1, 0.15) is 11.1 Å². The Hall–Kier alpha value is -19.9. The molecule has 0 N–H and O–H groups in total. The van der Waals surface area contributed by atoms with Crippen molar-refractivity contribution in [3.63, 3.8) is 0 Å². The highest BCUT2D eigenvalue weighted by Crippen LogP contribution is 2.48. The smallest absolute Gasteiger partial charge is 0.0618 e. The number of para-hydroxylation sites is 10. The molecule has 0 radical (unpaired) electrons. The number of benzene rings is 23. The van der Waals surface area contributed by atoms with Crippen LogP contribution in [-0.2, 0) is 0 Å². The Morgan fingerprint density at radius 1 is 0.153 bits per heavy atom. The Morgan fingerprint density at radius 2 is 0.393 bits per heavy atom. The topological polar surface area (TPSA) is 29.6 Å². The fourth-order valence-electron chi connectivity index (χ4n) is 23.2. The summed E-state index contributed by atoms with van der Waals surface area (Å²) < 4.78 is 14.4. The van der Waals surface area contributed by atoms with Crippen LogP contribution in [0.4, 0.5) is 0 Å². The number of hydrogen-bond acceptors (Lipinski definition) is 0. The van der Waals surface area contributed by atoms with Crippen molar-refractivity contribution in [1.29, 1.82) is 0 Å². The molecule has 0 aliphatic heterocycles. The van der Waals surface area contributed by atoms with Crippen molar-refractivity contribution in [2.24, 2.45) is 0 Å². The molecule has 29 aromatic rings. The Morgan fingerprint density at radius 3 is 0.747 bits per heavy atom. The third-order valence-electron chi connectivity index (χ3n) is 30.0. The van der Waals surface area contributed by atoms with Crippen LogP contribution < -0.4 is 0 Å². The van der Waals surface area contributed by atoms with Gasteiger partial charge in [-0.25, -0.2) is 0 Å². The molecule has 0 saturated heterocycles. The first-order chi connectivity index (χ1) is 74.3. The van der Waals surface area contributed by atoms with E-state index in [9.17, 15) is 0 Å². The molecule has 0 spiro atoms. The van der Waals surface area contributed by atoms with E-state index >= 15 is 0 Å². The number of allylic oxidation sites excluding steroid dienone is 4. The maximum absolute atomic E-state index is 4.69. The van der Waals surface area contributed by atoms with E-state index in [1.54, 1.807) is 0 Å². The molecule has 0 atom stereocenters. The van der Waals surface area contributed by atoms with Crippen molar-refractivity contribution in [2.45, 2.75) is 0 Å². The zero-order chi connectivity index (χ0) is 99.6. The van der Waals surface area contributed by atoms with Crippen molar-refractivity contribution in [3.05, 3.63) is 595 Å². The van der Waals surface area contributed by atoms with Crippen LogP contribution in [0.3, 0.4) is 0 Å². The molecule has 29 rings (SSSR count). The van der Waals surface area contributed by atoms with Crippen molar-refractivity contribution in [3.8, 4) is 106 Å². The first kappa shape index (κ1) is 89.0. The van der Waals surface area contributed by atoms with E-state index in [4.69, 9.17) is 0 Å². The fourth-order valence-corrected chi connectivity index (χ4v) is 23.2. The van der Waals surface area contributed by atoms with Gasteiger partial charge >= 0.3 is 0 Å². The number of nitrogens with zero attached hydrogens (tertiary/aromatic N) is 6. The van der Waals surface area contributed by atoms with Crippen LogP contribution in [0.5, 0.6) is 0 Å². The highest BCUT2D eigenvalue weighted by Gasteiger charge is 2.26. The average Bonchev–Trinajstić information content (AvgIpc) is 1.56. The summed E-state index contributed by atoms with van der Waals surface area (Å²) in [5.41, 5.74) is 41.8. The van der Waals surface area contributed by atoms with Crippen LogP contribution in [0, 0.1) is 0 Å². The van der Waals surface area contributed by atoms with Gasteiger partial charge in [0.25, 0.3) is 0 Å².